The van der Waals surface area contributed by atoms with Crippen molar-refractivity contribution < 1.29 is 4.79 Å². The Bertz CT molecular complexity index is 981. The van der Waals surface area contributed by atoms with Gasteiger partial charge in [0.25, 0.3) is 0 Å². The first kappa shape index (κ1) is 20.5. The first-order chi connectivity index (χ1) is 14.7. The van der Waals surface area contributed by atoms with Crippen molar-refractivity contribution in [2.75, 3.05) is 19.6 Å². The second kappa shape index (κ2) is 9.83. The number of thiazole rings is 1. The molecule has 1 unspecified atom stereocenters. The number of rotatable bonds is 7. The average molecular weight is 418 g/mol. The van der Waals surface area contributed by atoms with Gasteiger partial charge in [-0.25, -0.2) is 4.98 Å². The normalized spacial score (nSPS) is 15.4. The molecule has 1 atom stereocenters. The Balaban J connectivity index is 1.37. The van der Waals surface area contributed by atoms with Crippen LogP contribution in [0.1, 0.15) is 41.1 Å². The van der Waals surface area contributed by atoms with E-state index in [0.717, 1.165) is 36.5 Å². The molecule has 3 aromatic rings. The molecule has 0 fully saturated rings. The van der Waals surface area contributed by atoms with Gasteiger partial charge in [-0.3, -0.25) is 9.69 Å². The molecule has 1 amide bonds. The highest BCUT2D eigenvalue weighted by Crippen LogP contribution is 2.25. The van der Waals surface area contributed by atoms with E-state index in [2.05, 4.69) is 52.5 Å². The fraction of sp³-hybridized carbons (Fsp3) is 0.280. The molecule has 0 saturated heterocycles. The van der Waals surface area contributed by atoms with Gasteiger partial charge in [-0.1, -0.05) is 67.6 Å². The molecule has 0 saturated carbocycles. The maximum Gasteiger partial charge on any atom is 0.235 e. The summed E-state index contributed by atoms with van der Waals surface area (Å²) in [6.07, 6.45) is 6.07. The zero-order valence-corrected chi connectivity index (χ0v) is 18.1. The van der Waals surface area contributed by atoms with Crippen LogP contribution in [0.4, 0.5) is 0 Å². The number of carbonyl (C=O) groups excluding carboxylic acids is 1. The lowest BCUT2D eigenvalue weighted by molar-refractivity contribution is -0.122. The van der Waals surface area contributed by atoms with Crippen LogP contribution < -0.4 is 5.32 Å². The third kappa shape index (κ3) is 5.04. The van der Waals surface area contributed by atoms with Crippen LogP contribution in [-0.4, -0.2) is 35.4 Å². The Kier molecular flexibility index (Phi) is 6.72. The van der Waals surface area contributed by atoms with Crippen molar-refractivity contribution in [1.82, 2.24) is 15.2 Å². The molecular weight excluding hydrogens is 390 g/mol. The van der Waals surface area contributed by atoms with Crippen LogP contribution in [0.5, 0.6) is 0 Å². The second-order valence-corrected chi connectivity index (χ2v) is 8.47. The molecule has 5 heteroatoms. The van der Waals surface area contributed by atoms with Crippen LogP contribution in [0.15, 0.2) is 72.3 Å². The van der Waals surface area contributed by atoms with E-state index in [-0.39, 0.29) is 11.9 Å². The number of benzene rings is 2. The molecule has 4 nitrogen and oxygen atoms in total. The molecule has 154 valence electrons. The minimum atomic E-state index is -0.202. The van der Waals surface area contributed by atoms with Gasteiger partial charge in [-0.2, -0.15) is 0 Å². The van der Waals surface area contributed by atoms with Gasteiger partial charge < -0.3 is 5.32 Å². The minimum Gasteiger partial charge on any atom is -0.342 e. The standard InChI is InChI=1S/C25H27N3OS/c1-2-19-8-10-20(11-9-19)21-12-15-28(16-13-21)18-23(29)27-24(25-26-14-17-30-25)22-6-4-3-5-7-22/h3-12,14,17,24H,2,13,15-16,18H2,1H3,(H,27,29). The fourth-order valence-corrected chi connectivity index (χ4v) is 4.51. The smallest absolute Gasteiger partial charge is 0.235 e. The first-order valence-corrected chi connectivity index (χ1v) is 11.4. The van der Waals surface area contributed by atoms with Crippen molar-refractivity contribution in [2.45, 2.75) is 25.8 Å². The van der Waals surface area contributed by atoms with Gasteiger partial charge in [0.15, 0.2) is 0 Å². The Morgan fingerprint density at radius 3 is 2.60 bits per heavy atom. The maximum atomic E-state index is 12.8. The summed E-state index contributed by atoms with van der Waals surface area (Å²) in [5, 5.41) is 6.04. The van der Waals surface area contributed by atoms with E-state index in [0.29, 0.717) is 6.54 Å². The van der Waals surface area contributed by atoms with E-state index in [1.807, 2.05) is 35.7 Å². The molecule has 0 aliphatic carbocycles. The summed E-state index contributed by atoms with van der Waals surface area (Å²) in [4.78, 5) is 19.4. The van der Waals surface area contributed by atoms with Gasteiger partial charge in [0.05, 0.1) is 6.54 Å². The summed E-state index contributed by atoms with van der Waals surface area (Å²) < 4.78 is 0. The molecule has 0 radical (unpaired) electrons. The number of hydrogen-bond donors (Lipinski definition) is 1. The van der Waals surface area contributed by atoms with E-state index in [1.165, 1.54) is 16.7 Å². The number of amides is 1. The highest BCUT2D eigenvalue weighted by molar-refractivity contribution is 7.09. The van der Waals surface area contributed by atoms with Gasteiger partial charge in [-0.15, -0.1) is 11.3 Å². The Hall–Kier alpha value is -2.76. The predicted octanol–water partition coefficient (Wildman–Crippen LogP) is 4.70. The molecule has 1 N–H and O–H groups in total. The fourth-order valence-electron chi connectivity index (χ4n) is 3.79. The summed E-state index contributed by atoms with van der Waals surface area (Å²) in [5.41, 5.74) is 5.09. The summed E-state index contributed by atoms with van der Waals surface area (Å²) in [5.74, 6) is 0.0307. The number of nitrogens with one attached hydrogen (secondary N) is 1. The van der Waals surface area contributed by atoms with Gasteiger partial charge >= 0.3 is 0 Å². The Labute approximate surface area is 182 Å². The Morgan fingerprint density at radius 2 is 1.97 bits per heavy atom. The zero-order chi connectivity index (χ0) is 20.8. The summed E-state index contributed by atoms with van der Waals surface area (Å²) in [6.45, 7) is 4.26. The number of nitrogens with zero attached hydrogens (tertiary/aromatic N) is 2. The summed E-state index contributed by atoms with van der Waals surface area (Å²) in [6, 6.07) is 18.7. The predicted molar refractivity (Wildman–Crippen MR) is 123 cm³/mol. The van der Waals surface area contributed by atoms with Crippen molar-refractivity contribution in [3.63, 3.8) is 0 Å². The summed E-state index contributed by atoms with van der Waals surface area (Å²) >= 11 is 1.57. The zero-order valence-electron chi connectivity index (χ0n) is 17.3. The van der Waals surface area contributed by atoms with Gasteiger partial charge in [0, 0.05) is 24.7 Å². The molecule has 1 aromatic heterocycles. The highest BCUT2D eigenvalue weighted by Gasteiger charge is 2.21. The monoisotopic (exact) mass is 417 g/mol. The van der Waals surface area contributed by atoms with E-state index in [1.54, 1.807) is 17.5 Å². The number of aromatic nitrogens is 1. The molecule has 2 aromatic carbocycles. The van der Waals surface area contributed by atoms with Crippen molar-refractivity contribution in [2.24, 2.45) is 0 Å². The van der Waals surface area contributed by atoms with Gasteiger partial charge in [-0.05, 0) is 35.1 Å². The topological polar surface area (TPSA) is 45.2 Å². The lowest BCUT2D eigenvalue weighted by Crippen LogP contribution is -2.40. The lowest BCUT2D eigenvalue weighted by Gasteiger charge is -2.27. The van der Waals surface area contributed by atoms with E-state index in [9.17, 15) is 4.79 Å². The molecule has 4 rings (SSSR count). The third-order valence-electron chi connectivity index (χ3n) is 5.53. The molecular formula is C25H27N3OS. The second-order valence-electron chi connectivity index (χ2n) is 7.55. The van der Waals surface area contributed by atoms with E-state index < -0.39 is 0 Å². The first-order valence-electron chi connectivity index (χ1n) is 10.5. The van der Waals surface area contributed by atoms with E-state index in [4.69, 9.17) is 0 Å². The quantitative estimate of drug-likeness (QED) is 0.606. The average Bonchev–Trinajstić information content (AvgIpc) is 3.33. The number of carbonyl (C=O) groups is 1. The highest BCUT2D eigenvalue weighted by atomic mass is 32.1. The molecule has 0 bridgehead atoms. The lowest BCUT2D eigenvalue weighted by atomic mass is 9.98. The van der Waals surface area contributed by atoms with Crippen LogP contribution in [0, 0.1) is 0 Å². The minimum absolute atomic E-state index is 0.0307. The molecule has 1 aliphatic heterocycles. The molecule has 30 heavy (non-hydrogen) atoms. The van der Waals surface area contributed by atoms with E-state index >= 15 is 0 Å². The third-order valence-corrected chi connectivity index (χ3v) is 6.37. The van der Waals surface area contributed by atoms with Crippen molar-refractivity contribution in [3.05, 3.63) is 93.9 Å². The number of aryl methyl sites for hydroxylation is 1. The number of hydrogen-bond acceptors (Lipinski definition) is 4. The van der Waals surface area contributed by atoms with Gasteiger partial charge in [0.2, 0.25) is 5.91 Å². The van der Waals surface area contributed by atoms with Crippen LogP contribution in [-0.2, 0) is 11.2 Å². The van der Waals surface area contributed by atoms with Crippen molar-refractivity contribution in [3.8, 4) is 0 Å². The molecule has 2 heterocycles. The SMILES string of the molecule is CCc1ccc(C2=CCN(CC(=O)NC(c3ccccc3)c3nccs3)CC2)cc1. The maximum absolute atomic E-state index is 12.8. The van der Waals surface area contributed by atoms with Crippen LogP contribution in [0.2, 0.25) is 0 Å². The van der Waals surface area contributed by atoms with Gasteiger partial charge in [0.1, 0.15) is 11.0 Å². The van der Waals surface area contributed by atoms with Crippen molar-refractivity contribution in [1.29, 1.82) is 0 Å². The van der Waals surface area contributed by atoms with Crippen molar-refractivity contribution >= 4 is 22.8 Å². The molecule has 0 spiro atoms. The largest absolute Gasteiger partial charge is 0.342 e. The van der Waals surface area contributed by atoms with Crippen LogP contribution in [0.3, 0.4) is 0 Å². The summed E-state index contributed by atoms with van der Waals surface area (Å²) in [7, 11) is 0. The van der Waals surface area contributed by atoms with Crippen LogP contribution >= 0.6 is 11.3 Å². The Morgan fingerprint density at radius 1 is 1.17 bits per heavy atom. The van der Waals surface area contributed by atoms with Crippen LogP contribution in [0.25, 0.3) is 5.57 Å². The molecule has 1 aliphatic rings.